The number of hydrazone groups is 1. The normalized spacial score (nSPS) is 11.1. The van der Waals surface area contributed by atoms with Gasteiger partial charge in [-0.15, -0.1) is 0 Å². The van der Waals surface area contributed by atoms with E-state index in [1.54, 1.807) is 12.4 Å². The van der Waals surface area contributed by atoms with Gasteiger partial charge in [-0.2, -0.15) is 5.10 Å². The maximum Gasteiger partial charge on any atom is 0.277 e. The predicted octanol–water partition coefficient (Wildman–Crippen LogP) is 4.38. The molecule has 4 aromatic rings. The largest absolute Gasteiger partial charge is 0.483 e. The van der Waals surface area contributed by atoms with Crippen molar-refractivity contribution in [3.05, 3.63) is 83.8 Å². The summed E-state index contributed by atoms with van der Waals surface area (Å²) < 4.78 is 5.77. The highest BCUT2D eigenvalue weighted by atomic mass is 16.5. The molecule has 150 valence electrons. The van der Waals surface area contributed by atoms with E-state index in [0.717, 1.165) is 38.7 Å². The zero-order valence-electron chi connectivity index (χ0n) is 16.8. The average molecular weight is 398 g/mol. The van der Waals surface area contributed by atoms with Crippen molar-refractivity contribution in [2.24, 2.45) is 5.10 Å². The zero-order chi connectivity index (χ0) is 20.9. The SMILES string of the molecule is Cc1cc(-c2cccnc2)cc(C)c1OCC(=O)NN=Cc1c[nH]c2ccccc12. The summed E-state index contributed by atoms with van der Waals surface area (Å²) in [4.78, 5) is 19.5. The first-order valence-corrected chi connectivity index (χ1v) is 9.64. The molecule has 0 aliphatic rings. The fourth-order valence-corrected chi connectivity index (χ4v) is 3.42. The number of hydrogen-bond acceptors (Lipinski definition) is 4. The summed E-state index contributed by atoms with van der Waals surface area (Å²) in [7, 11) is 0. The Hall–Kier alpha value is -3.93. The van der Waals surface area contributed by atoms with Crippen LogP contribution in [0.2, 0.25) is 0 Å². The predicted molar refractivity (Wildman–Crippen MR) is 119 cm³/mol. The van der Waals surface area contributed by atoms with Gasteiger partial charge in [-0.25, -0.2) is 5.43 Å². The van der Waals surface area contributed by atoms with Crippen LogP contribution in [0.3, 0.4) is 0 Å². The number of aryl methyl sites for hydroxylation is 2. The van der Waals surface area contributed by atoms with Gasteiger partial charge in [0, 0.05) is 40.6 Å². The number of nitrogens with zero attached hydrogens (tertiary/aromatic N) is 2. The molecule has 2 heterocycles. The number of nitrogens with one attached hydrogen (secondary N) is 2. The third-order valence-electron chi connectivity index (χ3n) is 4.82. The van der Waals surface area contributed by atoms with E-state index in [1.807, 2.05) is 74.8 Å². The molecule has 0 saturated heterocycles. The number of aromatic nitrogens is 2. The molecule has 2 aromatic carbocycles. The molecule has 0 aliphatic heterocycles. The molecule has 0 saturated carbocycles. The summed E-state index contributed by atoms with van der Waals surface area (Å²) in [6.45, 7) is 3.82. The quantitative estimate of drug-likeness (QED) is 0.374. The van der Waals surface area contributed by atoms with Crippen molar-refractivity contribution in [3.63, 3.8) is 0 Å². The van der Waals surface area contributed by atoms with Crippen molar-refractivity contribution >= 4 is 23.0 Å². The Morgan fingerprint density at radius 2 is 1.93 bits per heavy atom. The molecule has 6 nitrogen and oxygen atoms in total. The molecule has 2 aromatic heterocycles. The molecule has 6 heteroatoms. The van der Waals surface area contributed by atoms with Crippen LogP contribution < -0.4 is 10.2 Å². The second-order valence-corrected chi connectivity index (χ2v) is 7.05. The summed E-state index contributed by atoms with van der Waals surface area (Å²) in [6, 6.07) is 15.9. The third-order valence-corrected chi connectivity index (χ3v) is 4.82. The molecule has 0 spiro atoms. The third kappa shape index (κ3) is 4.22. The van der Waals surface area contributed by atoms with Gasteiger partial charge in [0.2, 0.25) is 0 Å². The molecule has 0 aliphatic carbocycles. The van der Waals surface area contributed by atoms with Crippen LogP contribution in [0.15, 0.2) is 72.2 Å². The van der Waals surface area contributed by atoms with Crippen molar-refractivity contribution in [1.82, 2.24) is 15.4 Å². The monoisotopic (exact) mass is 398 g/mol. The molecular formula is C24H22N4O2. The van der Waals surface area contributed by atoms with Crippen molar-refractivity contribution in [2.45, 2.75) is 13.8 Å². The zero-order valence-corrected chi connectivity index (χ0v) is 16.8. The van der Waals surface area contributed by atoms with Crippen LogP contribution in [0.4, 0.5) is 0 Å². The van der Waals surface area contributed by atoms with Crippen LogP contribution in [0.1, 0.15) is 16.7 Å². The molecule has 0 bridgehead atoms. The molecule has 0 unspecified atom stereocenters. The fourth-order valence-electron chi connectivity index (χ4n) is 3.42. The number of pyridine rings is 1. The minimum Gasteiger partial charge on any atom is -0.483 e. The lowest BCUT2D eigenvalue weighted by molar-refractivity contribution is -0.123. The van der Waals surface area contributed by atoms with Gasteiger partial charge in [-0.1, -0.05) is 24.3 Å². The highest BCUT2D eigenvalue weighted by Crippen LogP contribution is 2.29. The van der Waals surface area contributed by atoms with E-state index in [0.29, 0.717) is 5.75 Å². The Kier molecular flexibility index (Phi) is 5.57. The van der Waals surface area contributed by atoms with Crippen molar-refractivity contribution in [3.8, 4) is 16.9 Å². The van der Waals surface area contributed by atoms with E-state index >= 15 is 0 Å². The van der Waals surface area contributed by atoms with E-state index in [4.69, 9.17) is 4.74 Å². The number of para-hydroxylation sites is 1. The molecule has 1 amide bonds. The lowest BCUT2D eigenvalue weighted by Gasteiger charge is -2.13. The minimum absolute atomic E-state index is 0.112. The van der Waals surface area contributed by atoms with Crippen LogP contribution in [0.5, 0.6) is 5.75 Å². The van der Waals surface area contributed by atoms with Crippen LogP contribution in [0, 0.1) is 13.8 Å². The van der Waals surface area contributed by atoms with Crippen LogP contribution >= 0.6 is 0 Å². The maximum atomic E-state index is 12.2. The van der Waals surface area contributed by atoms with Gasteiger partial charge >= 0.3 is 0 Å². The highest BCUT2D eigenvalue weighted by molar-refractivity contribution is 5.99. The van der Waals surface area contributed by atoms with Gasteiger partial charge in [0.1, 0.15) is 5.75 Å². The number of rotatable bonds is 6. The molecular weight excluding hydrogens is 376 g/mol. The van der Waals surface area contributed by atoms with Crippen molar-refractivity contribution in [1.29, 1.82) is 0 Å². The number of benzene rings is 2. The van der Waals surface area contributed by atoms with Crippen molar-refractivity contribution < 1.29 is 9.53 Å². The van der Waals surface area contributed by atoms with Crippen LogP contribution in [0.25, 0.3) is 22.0 Å². The summed E-state index contributed by atoms with van der Waals surface area (Å²) in [5, 5.41) is 5.09. The van der Waals surface area contributed by atoms with Crippen molar-refractivity contribution in [2.75, 3.05) is 6.61 Å². The molecule has 4 rings (SSSR count). The van der Waals surface area contributed by atoms with Gasteiger partial charge in [0.25, 0.3) is 5.91 Å². The molecule has 0 radical (unpaired) electrons. The first-order valence-electron chi connectivity index (χ1n) is 9.64. The molecule has 0 atom stereocenters. The summed E-state index contributed by atoms with van der Waals surface area (Å²) >= 11 is 0. The number of amides is 1. The van der Waals surface area contributed by atoms with E-state index in [9.17, 15) is 4.79 Å². The fraction of sp³-hybridized carbons (Fsp3) is 0.125. The number of H-pyrrole nitrogens is 1. The summed E-state index contributed by atoms with van der Waals surface area (Å²) in [5.74, 6) is 0.389. The topological polar surface area (TPSA) is 79.4 Å². The molecule has 2 N–H and O–H groups in total. The Morgan fingerprint density at radius 1 is 1.13 bits per heavy atom. The number of fused-ring (bicyclic) bond motifs is 1. The summed E-state index contributed by atoms with van der Waals surface area (Å²) in [6.07, 6.45) is 7.05. The van der Waals surface area contributed by atoms with E-state index in [-0.39, 0.29) is 12.5 Å². The van der Waals surface area contributed by atoms with Gasteiger partial charge in [0.15, 0.2) is 6.61 Å². The number of carbonyl (C=O) groups excluding carboxylic acids is 1. The lowest BCUT2D eigenvalue weighted by Crippen LogP contribution is -2.25. The second-order valence-electron chi connectivity index (χ2n) is 7.05. The van der Waals surface area contributed by atoms with Crippen LogP contribution in [-0.4, -0.2) is 28.7 Å². The van der Waals surface area contributed by atoms with Gasteiger partial charge in [0.05, 0.1) is 6.21 Å². The first kappa shape index (κ1) is 19.4. The van der Waals surface area contributed by atoms with E-state index in [1.165, 1.54) is 0 Å². The number of ether oxygens (including phenoxy) is 1. The van der Waals surface area contributed by atoms with Gasteiger partial charge in [-0.3, -0.25) is 9.78 Å². The van der Waals surface area contributed by atoms with E-state index in [2.05, 4.69) is 20.5 Å². The standard InChI is InChI=1S/C24H22N4O2/c1-16-10-19(18-6-5-9-25-12-18)11-17(2)24(16)30-15-23(29)28-27-14-20-13-26-22-8-4-3-7-21(20)22/h3-14,26H,15H2,1-2H3,(H,28,29). The maximum absolute atomic E-state index is 12.2. The Bertz CT molecular complexity index is 1190. The lowest BCUT2D eigenvalue weighted by atomic mass is 10.0. The van der Waals surface area contributed by atoms with Gasteiger partial charge < -0.3 is 9.72 Å². The molecule has 30 heavy (non-hydrogen) atoms. The first-order chi connectivity index (χ1) is 14.6. The average Bonchev–Trinajstić information content (AvgIpc) is 3.17. The smallest absolute Gasteiger partial charge is 0.277 e. The van der Waals surface area contributed by atoms with E-state index < -0.39 is 0 Å². The number of hydrogen-bond donors (Lipinski definition) is 2. The Labute approximate surface area is 174 Å². The minimum atomic E-state index is -0.318. The second kappa shape index (κ2) is 8.61. The van der Waals surface area contributed by atoms with Gasteiger partial charge in [-0.05, 0) is 54.8 Å². The number of aromatic amines is 1. The summed E-state index contributed by atoms with van der Waals surface area (Å²) in [5.41, 5.74) is 8.48. The Balaban J connectivity index is 1.38. The number of carbonyl (C=O) groups is 1. The molecule has 0 fully saturated rings. The van der Waals surface area contributed by atoms with Crippen LogP contribution in [-0.2, 0) is 4.79 Å². The highest BCUT2D eigenvalue weighted by Gasteiger charge is 2.10. The Morgan fingerprint density at radius 3 is 2.70 bits per heavy atom.